The maximum atomic E-state index is 6.29. The highest BCUT2D eigenvalue weighted by atomic mass is 35.5. The fraction of sp³-hybridized carbons (Fsp3) is 0.647. The number of ether oxygens (including phenoxy) is 1. The van der Waals surface area contributed by atoms with Crippen molar-refractivity contribution in [2.24, 2.45) is 0 Å². The highest BCUT2D eigenvalue weighted by Crippen LogP contribution is 2.31. The minimum atomic E-state index is 0.422. The SMILES string of the molecule is Cc1cc(Cl)c(C(C)C)cc1OCCC1CCCCN1. The molecule has 0 amide bonds. The lowest BCUT2D eigenvalue weighted by atomic mass is 10.0. The van der Waals surface area contributed by atoms with E-state index >= 15 is 0 Å². The van der Waals surface area contributed by atoms with E-state index in [9.17, 15) is 0 Å². The fourth-order valence-corrected chi connectivity index (χ4v) is 3.18. The Labute approximate surface area is 127 Å². The van der Waals surface area contributed by atoms with Crippen LogP contribution in [0.2, 0.25) is 5.02 Å². The monoisotopic (exact) mass is 295 g/mol. The van der Waals surface area contributed by atoms with E-state index in [1.165, 1.54) is 24.8 Å². The minimum absolute atomic E-state index is 0.422. The lowest BCUT2D eigenvalue weighted by Crippen LogP contribution is -2.35. The van der Waals surface area contributed by atoms with E-state index in [2.05, 4.69) is 32.2 Å². The van der Waals surface area contributed by atoms with E-state index in [-0.39, 0.29) is 0 Å². The summed E-state index contributed by atoms with van der Waals surface area (Å²) in [6, 6.07) is 4.75. The fourth-order valence-electron chi connectivity index (χ4n) is 2.75. The van der Waals surface area contributed by atoms with Crippen molar-refractivity contribution < 1.29 is 4.74 Å². The number of piperidine rings is 1. The van der Waals surface area contributed by atoms with Crippen molar-refractivity contribution in [1.29, 1.82) is 0 Å². The Bertz CT molecular complexity index is 439. The molecule has 1 aromatic rings. The van der Waals surface area contributed by atoms with Crippen LogP contribution in [-0.2, 0) is 0 Å². The van der Waals surface area contributed by atoms with Gasteiger partial charge in [-0.2, -0.15) is 0 Å². The smallest absolute Gasteiger partial charge is 0.122 e. The van der Waals surface area contributed by atoms with Crippen molar-refractivity contribution in [3.05, 3.63) is 28.3 Å². The van der Waals surface area contributed by atoms with Gasteiger partial charge in [-0.1, -0.05) is 31.9 Å². The number of rotatable bonds is 5. The second-order valence-corrected chi connectivity index (χ2v) is 6.49. The van der Waals surface area contributed by atoms with Crippen LogP contribution in [-0.4, -0.2) is 19.2 Å². The van der Waals surface area contributed by atoms with Crippen molar-refractivity contribution in [2.45, 2.75) is 58.4 Å². The van der Waals surface area contributed by atoms with Gasteiger partial charge in [-0.25, -0.2) is 0 Å². The normalized spacial score (nSPS) is 19.4. The van der Waals surface area contributed by atoms with Crippen molar-refractivity contribution in [1.82, 2.24) is 5.32 Å². The van der Waals surface area contributed by atoms with Crippen LogP contribution in [0.15, 0.2) is 12.1 Å². The first kappa shape index (κ1) is 15.7. The first-order valence-electron chi connectivity index (χ1n) is 7.74. The Hall–Kier alpha value is -0.730. The molecule has 1 atom stereocenters. The summed E-state index contributed by atoms with van der Waals surface area (Å²) in [6.45, 7) is 8.31. The second kappa shape index (κ2) is 7.33. The third kappa shape index (κ3) is 4.13. The summed E-state index contributed by atoms with van der Waals surface area (Å²) in [7, 11) is 0. The number of hydrogen-bond donors (Lipinski definition) is 1. The van der Waals surface area contributed by atoms with Crippen LogP contribution in [0.3, 0.4) is 0 Å². The van der Waals surface area contributed by atoms with Crippen molar-refractivity contribution >= 4 is 11.6 Å². The zero-order valence-corrected chi connectivity index (χ0v) is 13.6. The Morgan fingerprint density at radius 1 is 1.35 bits per heavy atom. The van der Waals surface area contributed by atoms with Gasteiger partial charge in [0.1, 0.15) is 5.75 Å². The molecule has 0 bridgehead atoms. The van der Waals surface area contributed by atoms with E-state index in [0.29, 0.717) is 12.0 Å². The first-order valence-corrected chi connectivity index (χ1v) is 8.12. The van der Waals surface area contributed by atoms with Crippen molar-refractivity contribution in [3.8, 4) is 5.75 Å². The molecule has 1 saturated heterocycles. The summed E-state index contributed by atoms with van der Waals surface area (Å²) in [6.07, 6.45) is 5.01. The van der Waals surface area contributed by atoms with E-state index in [0.717, 1.165) is 35.9 Å². The first-order chi connectivity index (χ1) is 9.58. The molecule has 3 heteroatoms. The molecular weight excluding hydrogens is 270 g/mol. The van der Waals surface area contributed by atoms with Gasteiger partial charge in [-0.15, -0.1) is 0 Å². The van der Waals surface area contributed by atoms with Gasteiger partial charge in [0.2, 0.25) is 0 Å². The van der Waals surface area contributed by atoms with Crippen LogP contribution < -0.4 is 10.1 Å². The largest absolute Gasteiger partial charge is 0.493 e. The summed E-state index contributed by atoms with van der Waals surface area (Å²) >= 11 is 6.29. The molecule has 0 aliphatic carbocycles. The van der Waals surface area contributed by atoms with Crippen LogP contribution in [0.5, 0.6) is 5.75 Å². The molecule has 20 heavy (non-hydrogen) atoms. The molecule has 112 valence electrons. The van der Waals surface area contributed by atoms with Crippen LogP contribution in [0, 0.1) is 6.92 Å². The molecular formula is C17H26ClNO. The predicted molar refractivity (Wildman–Crippen MR) is 86.0 cm³/mol. The molecule has 0 spiro atoms. The van der Waals surface area contributed by atoms with Crippen LogP contribution in [0.25, 0.3) is 0 Å². The molecule has 0 aromatic heterocycles. The van der Waals surface area contributed by atoms with Gasteiger partial charge < -0.3 is 10.1 Å². The van der Waals surface area contributed by atoms with Crippen LogP contribution in [0.4, 0.5) is 0 Å². The van der Waals surface area contributed by atoms with Gasteiger partial charge in [-0.3, -0.25) is 0 Å². The summed E-state index contributed by atoms with van der Waals surface area (Å²) in [5, 5.41) is 4.40. The highest BCUT2D eigenvalue weighted by Gasteiger charge is 2.13. The third-order valence-corrected chi connectivity index (χ3v) is 4.38. The summed E-state index contributed by atoms with van der Waals surface area (Å²) in [5.74, 6) is 1.40. The Morgan fingerprint density at radius 2 is 2.15 bits per heavy atom. The van der Waals surface area contributed by atoms with E-state index in [1.54, 1.807) is 0 Å². The molecule has 1 heterocycles. The molecule has 2 nitrogen and oxygen atoms in total. The van der Waals surface area contributed by atoms with Gasteiger partial charge in [0.15, 0.2) is 0 Å². The van der Waals surface area contributed by atoms with E-state index < -0.39 is 0 Å². The lowest BCUT2D eigenvalue weighted by molar-refractivity contribution is 0.266. The topological polar surface area (TPSA) is 21.3 Å². The quantitative estimate of drug-likeness (QED) is 0.851. The highest BCUT2D eigenvalue weighted by molar-refractivity contribution is 6.31. The van der Waals surface area contributed by atoms with Gasteiger partial charge in [0.25, 0.3) is 0 Å². The Morgan fingerprint density at radius 3 is 2.80 bits per heavy atom. The number of aryl methyl sites for hydroxylation is 1. The maximum Gasteiger partial charge on any atom is 0.122 e. The molecule has 1 N–H and O–H groups in total. The molecule has 0 saturated carbocycles. The summed E-state index contributed by atoms with van der Waals surface area (Å²) in [5.41, 5.74) is 2.29. The molecule has 1 fully saturated rings. The van der Waals surface area contributed by atoms with Crippen LogP contribution >= 0.6 is 11.6 Å². The third-order valence-electron chi connectivity index (χ3n) is 4.05. The zero-order valence-electron chi connectivity index (χ0n) is 12.8. The number of hydrogen-bond acceptors (Lipinski definition) is 2. The predicted octanol–water partition coefficient (Wildman–Crippen LogP) is 4.68. The molecule has 1 aliphatic heterocycles. The minimum Gasteiger partial charge on any atom is -0.493 e. The molecule has 0 radical (unpaired) electrons. The lowest BCUT2D eigenvalue weighted by Gasteiger charge is -2.23. The summed E-state index contributed by atoms with van der Waals surface area (Å²) in [4.78, 5) is 0. The Kier molecular flexibility index (Phi) is 5.74. The number of nitrogens with one attached hydrogen (secondary N) is 1. The molecule has 1 unspecified atom stereocenters. The standard InChI is InChI=1S/C17H26ClNO/c1-12(2)15-11-17(13(3)10-16(15)18)20-9-7-14-6-4-5-8-19-14/h10-12,14,19H,4-9H2,1-3H3. The van der Waals surface area contributed by atoms with E-state index in [1.807, 2.05) is 6.07 Å². The van der Waals surface area contributed by atoms with Gasteiger partial charge in [0, 0.05) is 11.1 Å². The zero-order chi connectivity index (χ0) is 14.5. The van der Waals surface area contributed by atoms with Crippen LogP contribution in [0.1, 0.15) is 56.6 Å². The van der Waals surface area contributed by atoms with Crippen molar-refractivity contribution in [2.75, 3.05) is 13.2 Å². The average molecular weight is 296 g/mol. The number of halogens is 1. The van der Waals surface area contributed by atoms with Gasteiger partial charge in [0.05, 0.1) is 6.61 Å². The average Bonchev–Trinajstić information content (AvgIpc) is 2.42. The maximum absolute atomic E-state index is 6.29. The summed E-state index contributed by atoms with van der Waals surface area (Å²) < 4.78 is 5.99. The van der Waals surface area contributed by atoms with E-state index in [4.69, 9.17) is 16.3 Å². The Balaban J connectivity index is 1.93. The van der Waals surface area contributed by atoms with Gasteiger partial charge in [-0.05, 0) is 61.9 Å². The second-order valence-electron chi connectivity index (χ2n) is 6.08. The van der Waals surface area contributed by atoms with Gasteiger partial charge >= 0.3 is 0 Å². The number of benzene rings is 1. The van der Waals surface area contributed by atoms with Crippen molar-refractivity contribution in [3.63, 3.8) is 0 Å². The molecule has 2 rings (SSSR count). The molecule has 1 aliphatic rings. The molecule has 1 aromatic carbocycles.